The maximum atomic E-state index is 12.7. The molecule has 4 rings (SSSR count). The van der Waals surface area contributed by atoms with Crippen LogP contribution in [0.25, 0.3) is 0 Å². The summed E-state index contributed by atoms with van der Waals surface area (Å²) in [6, 6.07) is 8.43. The molecule has 1 fully saturated rings. The molecule has 3 atom stereocenters. The Morgan fingerprint density at radius 2 is 2.00 bits per heavy atom. The fourth-order valence-corrected chi connectivity index (χ4v) is 5.14. The Balaban J connectivity index is 1.50. The topological polar surface area (TPSA) is 35.5 Å². The van der Waals surface area contributed by atoms with Gasteiger partial charge in [-0.1, -0.05) is 17.7 Å². The predicted molar refractivity (Wildman–Crippen MR) is 95.5 cm³/mol. The number of hydrogen-bond donors (Lipinski definition) is 0. The number of ether oxygens (including phenoxy) is 2. The Bertz CT molecular complexity index is 916. The van der Waals surface area contributed by atoms with Gasteiger partial charge in [0.1, 0.15) is 11.5 Å². The predicted octanol–water partition coefficient (Wildman–Crippen LogP) is 5.90. The quantitative estimate of drug-likeness (QED) is 0.583. The minimum Gasteiger partial charge on any atom is -0.466 e. The van der Waals surface area contributed by atoms with Crippen molar-refractivity contribution in [3.63, 3.8) is 0 Å². The molecule has 3 unspecified atom stereocenters. The van der Waals surface area contributed by atoms with Crippen LogP contribution in [-0.4, -0.2) is 17.8 Å². The van der Waals surface area contributed by atoms with Crippen LogP contribution in [0, 0.1) is 5.92 Å². The number of halogens is 4. The van der Waals surface area contributed by atoms with Crippen molar-refractivity contribution in [2.75, 3.05) is 6.61 Å². The van der Waals surface area contributed by atoms with Gasteiger partial charge in [0, 0.05) is 16.1 Å². The van der Waals surface area contributed by atoms with Gasteiger partial charge in [0.15, 0.2) is 0 Å². The van der Waals surface area contributed by atoms with Crippen molar-refractivity contribution < 1.29 is 27.4 Å². The fraction of sp³-hybridized carbons (Fsp3) is 0.316. The van der Waals surface area contributed by atoms with E-state index >= 15 is 0 Å². The van der Waals surface area contributed by atoms with Crippen molar-refractivity contribution in [3.8, 4) is 11.5 Å². The molecule has 1 aliphatic heterocycles. The Hall–Kier alpha value is -1.86. The van der Waals surface area contributed by atoms with E-state index in [4.69, 9.17) is 21.1 Å². The third-order valence-corrected chi connectivity index (χ3v) is 6.37. The van der Waals surface area contributed by atoms with Gasteiger partial charge in [-0.2, -0.15) is 13.2 Å². The largest absolute Gasteiger partial charge is 0.466 e. The van der Waals surface area contributed by atoms with E-state index in [1.165, 1.54) is 6.07 Å². The minimum atomic E-state index is -4.46. The van der Waals surface area contributed by atoms with E-state index in [0.717, 1.165) is 22.6 Å². The van der Waals surface area contributed by atoms with Crippen LogP contribution in [0.3, 0.4) is 0 Å². The molecule has 1 heterocycles. The van der Waals surface area contributed by atoms with E-state index < -0.39 is 11.7 Å². The van der Waals surface area contributed by atoms with E-state index in [9.17, 15) is 18.0 Å². The standard InChI is InChI=1S/C19H14ClF3O3S/c1-2-25-18(24)16-15-11-5-4-10(8-14(11)27-17(15)16)26-13-6-3-9(7-12(13)20)19(21,22)23/h3-8,15-17H,2H2,1H3. The first-order valence-corrected chi connectivity index (χ1v) is 9.57. The first kappa shape index (κ1) is 18.5. The van der Waals surface area contributed by atoms with Crippen molar-refractivity contribution in [2.24, 2.45) is 5.92 Å². The summed E-state index contributed by atoms with van der Waals surface area (Å²) in [6.07, 6.45) is -4.46. The second kappa shape index (κ2) is 6.63. The minimum absolute atomic E-state index is 0.0985. The molecular formula is C19H14ClF3O3S. The van der Waals surface area contributed by atoms with E-state index in [0.29, 0.717) is 12.4 Å². The monoisotopic (exact) mass is 414 g/mol. The zero-order chi connectivity index (χ0) is 19.3. The van der Waals surface area contributed by atoms with Gasteiger partial charge >= 0.3 is 12.1 Å². The second-order valence-corrected chi connectivity index (χ2v) is 7.96. The summed E-state index contributed by atoms with van der Waals surface area (Å²) in [5, 5.41) is 0.0761. The molecule has 2 aromatic rings. The number of benzene rings is 2. The van der Waals surface area contributed by atoms with Crippen molar-refractivity contribution in [1.82, 2.24) is 0 Å². The van der Waals surface area contributed by atoms with Crippen LogP contribution in [0.4, 0.5) is 13.2 Å². The van der Waals surface area contributed by atoms with Crippen molar-refractivity contribution >= 4 is 29.3 Å². The Labute approximate surface area is 162 Å². The molecule has 3 nitrogen and oxygen atoms in total. The molecule has 0 spiro atoms. The molecule has 0 amide bonds. The molecule has 8 heteroatoms. The molecule has 142 valence electrons. The lowest BCUT2D eigenvalue weighted by molar-refractivity contribution is -0.144. The van der Waals surface area contributed by atoms with E-state index in [2.05, 4.69) is 0 Å². The summed E-state index contributed by atoms with van der Waals surface area (Å²) in [5.41, 5.74) is 0.253. The van der Waals surface area contributed by atoms with Crippen LogP contribution in [-0.2, 0) is 15.7 Å². The van der Waals surface area contributed by atoms with Crippen LogP contribution in [0.15, 0.2) is 41.3 Å². The van der Waals surface area contributed by atoms with Gasteiger partial charge in [-0.15, -0.1) is 11.8 Å². The van der Waals surface area contributed by atoms with E-state index in [1.807, 2.05) is 12.1 Å². The highest BCUT2D eigenvalue weighted by Crippen LogP contribution is 2.65. The van der Waals surface area contributed by atoms with Crippen LogP contribution < -0.4 is 4.74 Å². The first-order chi connectivity index (χ1) is 12.8. The maximum Gasteiger partial charge on any atom is 0.416 e. The van der Waals surface area contributed by atoms with Crippen LogP contribution in [0.2, 0.25) is 5.02 Å². The molecule has 0 N–H and O–H groups in total. The fourth-order valence-electron chi connectivity index (χ4n) is 3.31. The number of thioether (sulfide) groups is 1. The average Bonchev–Trinajstić information content (AvgIpc) is 3.18. The van der Waals surface area contributed by atoms with Crippen LogP contribution in [0.1, 0.15) is 24.0 Å². The summed E-state index contributed by atoms with van der Waals surface area (Å²) in [4.78, 5) is 12.9. The van der Waals surface area contributed by atoms with E-state index in [-0.39, 0.29) is 33.8 Å². The third-order valence-electron chi connectivity index (χ3n) is 4.61. The lowest BCUT2D eigenvalue weighted by atomic mass is 10.1. The summed E-state index contributed by atoms with van der Waals surface area (Å²) < 4.78 is 48.9. The molecule has 27 heavy (non-hydrogen) atoms. The molecule has 2 aromatic carbocycles. The maximum absolute atomic E-state index is 12.7. The number of alkyl halides is 3. The smallest absolute Gasteiger partial charge is 0.416 e. The van der Waals surface area contributed by atoms with Crippen LogP contribution in [0.5, 0.6) is 11.5 Å². The van der Waals surface area contributed by atoms with Crippen molar-refractivity contribution in [2.45, 2.75) is 29.2 Å². The zero-order valence-corrected chi connectivity index (χ0v) is 15.6. The lowest BCUT2D eigenvalue weighted by Gasteiger charge is -2.13. The summed E-state index contributed by atoms with van der Waals surface area (Å²) in [6.45, 7) is 2.15. The number of carbonyl (C=O) groups is 1. The molecule has 0 saturated heterocycles. The highest BCUT2D eigenvalue weighted by molar-refractivity contribution is 8.00. The second-order valence-electron chi connectivity index (χ2n) is 6.33. The molecule has 0 radical (unpaired) electrons. The Kier molecular flexibility index (Phi) is 4.55. The zero-order valence-electron chi connectivity index (χ0n) is 14.0. The van der Waals surface area contributed by atoms with E-state index in [1.54, 1.807) is 24.8 Å². The van der Waals surface area contributed by atoms with Gasteiger partial charge in [-0.25, -0.2) is 0 Å². The highest BCUT2D eigenvalue weighted by atomic mass is 35.5. The lowest BCUT2D eigenvalue weighted by Crippen LogP contribution is -2.09. The molecule has 0 bridgehead atoms. The molecule has 0 aromatic heterocycles. The number of hydrogen-bond acceptors (Lipinski definition) is 4. The van der Waals surface area contributed by atoms with Crippen molar-refractivity contribution in [1.29, 1.82) is 0 Å². The van der Waals surface area contributed by atoms with Gasteiger partial charge < -0.3 is 9.47 Å². The van der Waals surface area contributed by atoms with Crippen LogP contribution >= 0.6 is 23.4 Å². The van der Waals surface area contributed by atoms with Crippen molar-refractivity contribution in [3.05, 3.63) is 52.5 Å². The highest BCUT2D eigenvalue weighted by Gasteiger charge is 2.61. The van der Waals surface area contributed by atoms with Gasteiger partial charge in [0.05, 0.1) is 23.1 Å². The molecule has 2 aliphatic rings. The number of esters is 1. The summed E-state index contributed by atoms with van der Waals surface area (Å²) in [7, 11) is 0. The first-order valence-electron chi connectivity index (χ1n) is 8.31. The van der Waals surface area contributed by atoms with Gasteiger partial charge in [0.2, 0.25) is 0 Å². The Morgan fingerprint density at radius 3 is 2.67 bits per heavy atom. The number of carbonyl (C=O) groups excluding carboxylic acids is 1. The SMILES string of the molecule is CCOC(=O)C1C2Sc3cc(Oc4ccc(C(F)(F)F)cc4Cl)ccc3C21. The van der Waals surface area contributed by atoms with Gasteiger partial charge in [-0.3, -0.25) is 4.79 Å². The number of fused-ring (bicyclic) bond motifs is 3. The normalized spacial score (nSPS) is 22.8. The summed E-state index contributed by atoms with van der Waals surface area (Å²) >= 11 is 7.53. The average molecular weight is 415 g/mol. The molecule has 1 saturated carbocycles. The third kappa shape index (κ3) is 3.38. The Morgan fingerprint density at radius 1 is 1.22 bits per heavy atom. The molecular weight excluding hydrogens is 401 g/mol. The summed E-state index contributed by atoms with van der Waals surface area (Å²) in [5.74, 6) is 0.535. The number of rotatable bonds is 4. The molecule has 1 aliphatic carbocycles. The van der Waals surface area contributed by atoms with Gasteiger partial charge in [0.25, 0.3) is 0 Å². The van der Waals surface area contributed by atoms with Gasteiger partial charge in [-0.05, 0) is 42.8 Å².